The van der Waals surface area contributed by atoms with Gasteiger partial charge in [0.25, 0.3) is 5.91 Å². The number of allylic oxidation sites excluding steroid dienone is 1. The van der Waals surface area contributed by atoms with E-state index in [1.807, 2.05) is 5.32 Å². The number of methoxy groups -OCH3 is 3. The van der Waals surface area contributed by atoms with Gasteiger partial charge in [-0.15, -0.1) is 0 Å². The minimum absolute atomic E-state index is 0.0472. The Bertz CT molecular complexity index is 803. The summed E-state index contributed by atoms with van der Waals surface area (Å²) in [6, 6.07) is 4.15. The van der Waals surface area contributed by atoms with E-state index in [9.17, 15) is 19.2 Å². The number of rotatable bonds is 9. The van der Waals surface area contributed by atoms with E-state index in [0.29, 0.717) is 30.1 Å². The monoisotopic (exact) mass is 390 g/mol. The van der Waals surface area contributed by atoms with E-state index in [0.717, 1.165) is 11.0 Å². The second kappa shape index (κ2) is 9.65. The summed E-state index contributed by atoms with van der Waals surface area (Å²) in [5, 5.41) is 2.04. The first-order valence-corrected chi connectivity index (χ1v) is 8.52. The molecular weight excluding hydrogens is 368 g/mol. The van der Waals surface area contributed by atoms with E-state index in [1.54, 1.807) is 18.2 Å². The van der Waals surface area contributed by atoms with Crippen molar-refractivity contribution in [3.63, 3.8) is 0 Å². The normalized spacial score (nSPS) is 17.0. The van der Waals surface area contributed by atoms with Crippen molar-refractivity contribution in [2.45, 2.75) is 6.42 Å². The lowest BCUT2D eigenvalue weighted by molar-refractivity contribution is -0.146. The molecule has 1 saturated heterocycles. The van der Waals surface area contributed by atoms with Gasteiger partial charge in [-0.25, -0.2) is 4.79 Å². The van der Waals surface area contributed by atoms with Crippen molar-refractivity contribution in [2.24, 2.45) is 5.92 Å². The highest BCUT2D eigenvalue weighted by atomic mass is 16.5. The molecule has 1 aromatic carbocycles. The molecule has 28 heavy (non-hydrogen) atoms. The molecule has 0 bridgehead atoms. The highest BCUT2D eigenvalue weighted by molar-refractivity contribution is 6.28. The number of imide groups is 2. The third kappa shape index (κ3) is 4.74. The SMILES string of the molecule is COCCCN1C(=O)NC(=O)[C@@H](C(=O)/C=C/c2ccc(OC)cc2OC)C1=O. The number of ketones is 1. The van der Waals surface area contributed by atoms with Gasteiger partial charge in [-0.2, -0.15) is 0 Å². The number of hydrogen-bond acceptors (Lipinski definition) is 7. The summed E-state index contributed by atoms with van der Waals surface area (Å²) in [4.78, 5) is 49.8. The van der Waals surface area contributed by atoms with Gasteiger partial charge in [0.2, 0.25) is 5.91 Å². The van der Waals surface area contributed by atoms with Gasteiger partial charge < -0.3 is 14.2 Å². The van der Waals surface area contributed by atoms with Gasteiger partial charge in [0, 0.05) is 31.9 Å². The highest BCUT2D eigenvalue weighted by Gasteiger charge is 2.43. The second-order valence-corrected chi connectivity index (χ2v) is 5.91. The van der Waals surface area contributed by atoms with Crippen LogP contribution in [0.5, 0.6) is 11.5 Å². The number of carbonyl (C=O) groups is 4. The number of benzene rings is 1. The Hall–Kier alpha value is -3.20. The van der Waals surface area contributed by atoms with Crippen LogP contribution in [0.2, 0.25) is 0 Å². The molecule has 1 atom stereocenters. The van der Waals surface area contributed by atoms with Gasteiger partial charge >= 0.3 is 6.03 Å². The number of hydrogen-bond donors (Lipinski definition) is 1. The minimum atomic E-state index is -1.61. The molecule has 2 rings (SSSR count). The number of carbonyl (C=O) groups excluding carboxylic acids is 4. The fraction of sp³-hybridized carbons (Fsp3) is 0.368. The molecule has 9 heteroatoms. The number of amides is 4. The molecule has 1 heterocycles. The van der Waals surface area contributed by atoms with Crippen LogP contribution in [0.3, 0.4) is 0 Å². The van der Waals surface area contributed by atoms with Crippen LogP contribution in [0.1, 0.15) is 12.0 Å². The number of barbiturate groups is 1. The van der Waals surface area contributed by atoms with Crippen molar-refractivity contribution in [1.29, 1.82) is 0 Å². The molecule has 0 aromatic heterocycles. The van der Waals surface area contributed by atoms with Crippen molar-refractivity contribution in [3.8, 4) is 11.5 Å². The fourth-order valence-electron chi connectivity index (χ4n) is 2.67. The molecule has 150 valence electrons. The van der Waals surface area contributed by atoms with Crippen LogP contribution in [0, 0.1) is 5.92 Å². The number of nitrogens with one attached hydrogen (secondary N) is 1. The van der Waals surface area contributed by atoms with Gasteiger partial charge in [0.15, 0.2) is 11.7 Å². The highest BCUT2D eigenvalue weighted by Crippen LogP contribution is 2.26. The summed E-state index contributed by atoms with van der Waals surface area (Å²) in [5.74, 6) is -3.09. The Kier molecular flexibility index (Phi) is 7.28. The molecule has 9 nitrogen and oxygen atoms in total. The van der Waals surface area contributed by atoms with E-state index < -0.39 is 29.5 Å². The zero-order chi connectivity index (χ0) is 20.7. The van der Waals surface area contributed by atoms with Crippen LogP contribution in [-0.2, 0) is 19.1 Å². The third-order valence-electron chi connectivity index (χ3n) is 4.13. The fourth-order valence-corrected chi connectivity index (χ4v) is 2.67. The maximum atomic E-state index is 12.5. The molecule has 4 amide bonds. The summed E-state index contributed by atoms with van der Waals surface area (Å²) in [6.07, 6.45) is 2.95. The predicted octanol–water partition coefficient (Wildman–Crippen LogP) is 1.02. The molecule has 1 aromatic rings. The lowest BCUT2D eigenvalue weighted by Gasteiger charge is -2.28. The zero-order valence-electron chi connectivity index (χ0n) is 15.9. The van der Waals surface area contributed by atoms with Crippen molar-refractivity contribution in [1.82, 2.24) is 10.2 Å². The van der Waals surface area contributed by atoms with E-state index in [2.05, 4.69) is 0 Å². The summed E-state index contributed by atoms with van der Waals surface area (Å²) >= 11 is 0. The quantitative estimate of drug-likeness (QED) is 0.381. The van der Waals surface area contributed by atoms with Crippen LogP contribution in [0.15, 0.2) is 24.3 Å². The zero-order valence-corrected chi connectivity index (χ0v) is 15.9. The van der Waals surface area contributed by atoms with Gasteiger partial charge in [-0.05, 0) is 30.7 Å². The molecule has 0 radical (unpaired) electrons. The average Bonchev–Trinajstić information content (AvgIpc) is 2.68. The lowest BCUT2D eigenvalue weighted by atomic mass is 9.98. The molecular formula is C19H22N2O7. The molecule has 1 fully saturated rings. The molecule has 0 saturated carbocycles. The number of nitrogens with zero attached hydrogens (tertiary/aromatic N) is 1. The Balaban J connectivity index is 2.17. The minimum Gasteiger partial charge on any atom is -0.497 e. The topological polar surface area (TPSA) is 111 Å². The van der Waals surface area contributed by atoms with Crippen LogP contribution in [0.25, 0.3) is 6.08 Å². The average molecular weight is 390 g/mol. The van der Waals surface area contributed by atoms with E-state index >= 15 is 0 Å². The van der Waals surface area contributed by atoms with Gasteiger partial charge in [-0.3, -0.25) is 24.6 Å². The first-order valence-electron chi connectivity index (χ1n) is 8.52. The summed E-state index contributed by atoms with van der Waals surface area (Å²) in [7, 11) is 4.47. The van der Waals surface area contributed by atoms with E-state index in [1.165, 1.54) is 27.4 Å². The van der Waals surface area contributed by atoms with Crippen LogP contribution >= 0.6 is 0 Å². The molecule has 0 spiro atoms. The molecule has 1 aliphatic heterocycles. The Morgan fingerprint density at radius 2 is 1.93 bits per heavy atom. The summed E-state index contributed by atoms with van der Waals surface area (Å²) < 4.78 is 15.2. The van der Waals surface area contributed by atoms with Crippen LogP contribution in [-0.4, -0.2) is 63.0 Å². The third-order valence-corrected chi connectivity index (χ3v) is 4.13. The van der Waals surface area contributed by atoms with Crippen molar-refractivity contribution in [2.75, 3.05) is 34.5 Å². The summed E-state index contributed by atoms with van der Waals surface area (Å²) in [6.45, 7) is 0.381. The van der Waals surface area contributed by atoms with Gasteiger partial charge in [0.05, 0.1) is 14.2 Å². The maximum absolute atomic E-state index is 12.5. The Labute approximate surface area is 162 Å². The maximum Gasteiger partial charge on any atom is 0.330 e. The largest absolute Gasteiger partial charge is 0.497 e. The Morgan fingerprint density at radius 3 is 2.57 bits per heavy atom. The molecule has 0 unspecified atom stereocenters. The standard InChI is InChI=1S/C19H22N2O7/c1-26-10-4-9-21-18(24)16(17(23)20-19(21)25)14(22)8-6-12-5-7-13(27-2)11-15(12)28-3/h5-8,11,16H,4,9-10H2,1-3H3,(H,20,23,25)/b8-6+/t16-/m1/s1. The van der Waals surface area contributed by atoms with E-state index in [-0.39, 0.29) is 6.54 Å². The van der Waals surface area contributed by atoms with Crippen LogP contribution < -0.4 is 14.8 Å². The number of urea groups is 1. The first-order chi connectivity index (χ1) is 13.4. The van der Waals surface area contributed by atoms with Gasteiger partial charge in [-0.1, -0.05) is 0 Å². The molecule has 1 N–H and O–H groups in total. The van der Waals surface area contributed by atoms with Crippen molar-refractivity contribution in [3.05, 3.63) is 29.8 Å². The second-order valence-electron chi connectivity index (χ2n) is 5.91. The predicted molar refractivity (Wildman–Crippen MR) is 98.8 cm³/mol. The molecule has 0 aliphatic carbocycles. The lowest BCUT2D eigenvalue weighted by Crippen LogP contribution is -2.59. The van der Waals surface area contributed by atoms with E-state index in [4.69, 9.17) is 14.2 Å². The molecule has 1 aliphatic rings. The van der Waals surface area contributed by atoms with Crippen molar-refractivity contribution >= 4 is 29.7 Å². The van der Waals surface area contributed by atoms with Crippen LogP contribution in [0.4, 0.5) is 4.79 Å². The Morgan fingerprint density at radius 1 is 1.18 bits per heavy atom. The first kappa shape index (κ1) is 21.1. The van der Waals surface area contributed by atoms with Gasteiger partial charge in [0.1, 0.15) is 11.5 Å². The van der Waals surface area contributed by atoms with Crippen molar-refractivity contribution < 1.29 is 33.4 Å². The smallest absolute Gasteiger partial charge is 0.330 e. The summed E-state index contributed by atoms with van der Waals surface area (Å²) in [5.41, 5.74) is 0.563. The number of ether oxygens (including phenoxy) is 3.